The number of rotatable bonds is 5. The van der Waals surface area contributed by atoms with Gasteiger partial charge < -0.3 is 9.42 Å². The quantitative estimate of drug-likeness (QED) is 0.596. The van der Waals surface area contributed by atoms with E-state index < -0.39 is 0 Å². The molecule has 1 aliphatic rings. The van der Waals surface area contributed by atoms with Crippen LogP contribution in [0.2, 0.25) is 0 Å². The lowest BCUT2D eigenvalue weighted by molar-refractivity contribution is -0.133. The van der Waals surface area contributed by atoms with E-state index in [0.717, 1.165) is 5.56 Å². The first kappa shape index (κ1) is 15.7. The predicted molar refractivity (Wildman–Crippen MR) is 86.4 cm³/mol. The van der Waals surface area contributed by atoms with Crippen LogP contribution in [0.15, 0.2) is 34.2 Å². The fraction of sp³-hybridized carbons (Fsp3) is 0.357. The summed E-state index contributed by atoms with van der Waals surface area (Å²) in [6.45, 7) is 1.16. The van der Waals surface area contributed by atoms with Gasteiger partial charge in [-0.05, 0) is 22.6 Å². The second kappa shape index (κ2) is 6.59. The summed E-state index contributed by atoms with van der Waals surface area (Å²) in [5.74, 6) is 1.51. The van der Waals surface area contributed by atoms with Crippen LogP contribution in [0.1, 0.15) is 11.8 Å². The number of aromatic nitrogens is 7. The minimum Gasteiger partial charge on any atom is -0.340 e. The van der Waals surface area contributed by atoms with Crippen LogP contribution in [0.25, 0.3) is 11.4 Å². The number of carbonyl (C=O) groups excluding carboxylic acids is 1. The topological polar surface area (TPSA) is 116 Å². The van der Waals surface area contributed by atoms with Crippen LogP contribution in [0.5, 0.6) is 0 Å². The zero-order valence-electron chi connectivity index (χ0n) is 13.3. The SMILES string of the molecule is Cn1nnnc1SCC(=O)N1CC(c2nc(-c3ccncc3)no2)C1. The first-order chi connectivity index (χ1) is 12.2. The lowest BCUT2D eigenvalue weighted by Gasteiger charge is -2.36. The number of amides is 1. The van der Waals surface area contributed by atoms with Gasteiger partial charge in [0.05, 0.1) is 11.7 Å². The molecule has 0 spiro atoms. The minimum absolute atomic E-state index is 0.0399. The fourth-order valence-electron chi connectivity index (χ4n) is 2.42. The third kappa shape index (κ3) is 3.22. The molecule has 128 valence electrons. The standard InChI is InChI=1S/C14H14N8O2S/c1-21-14(17-19-20-21)25-8-11(23)22-6-10(7-22)13-16-12(18-24-13)9-2-4-15-5-3-9/h2-5,10H,6-8H2,1H3. The van der Waals surface area contributed by atoms with Crippen LogP contribution >= 0.6 is 11.8 Å². The summed E-state index contributed by atoms with van der Waals surface area (Å²) < 4.78 is 6.87. The van der Waals surface area contributed by atoms with Gasteiger partial charge in [-0.25, -0.2) is 4.68 Å². The monoisotopic (exact) mass is 358 g/mol. The molecule has 25 heavy (non-hydrogen) atoms. The first-order valence-electron chi connectivity index (χ1n) is 7.57. The molecule has 1 amide bonds. The maximum Gasteiger partial charge on any atom is 0.233 e. The molecule has 3 aromatic heterocycles. The summed E-state index contributed by atoms with van der Waals surface area (Å²) in [7, 11) is 1.74. The lowest BCUT2D eigenvalue weighted by atomic mass is 10.0. The van der Waals surface area contributed by atoms with Crippen LogP contribution in [-0.4, -0.2) is 65.0 Å². The summed E-state index contributed by atoms with van der Waals surface area (Å²) in [6, 6.07) is 3.65. The van der Waals surface area contributed by atoms with E-state index >= 15 is 0 Å². The Hall–Kier alpha value is -2.82. The maximum absolute atomic E-state index is 12.2. The number of pyridine rings is 1. The Bertz CT molecular complexity index is 874. The molecule has 0 unspecified atom stereocenters. The van der Waals surface area contributed by atoms with Gasteiger partial charge in [0.15, 0.2) is 0 Å². The summed E-state index contributed by atoms with van der Waals surface area (Å²) in [5, 5.41) is 15.7. The van der Waals surface area contributed by atoms with Gasteiger partial charge in [0.25, 0.3) is 0 Å². The van der Waals surface area contributed by atoms with Crippen molar-refractivity contribution < 1.29 is 9.32 Å². The molecule has 11 heteroatoms. The Morgan fingerprint density at radius 2 is 2.16 bits per heavy atom. The highest BCUT2D eigenvalue weighted by molar-refractivity contribution is 7.99. The van der Waals surface area contributed by atoms with Crippen LogP contribution in [0.3, 0.4) is 0 Å². The van der Waals surface area contributed by atoms with E-state index in [-0.39, 0.29) is 11.8 Å². The van der Waals surface area contributed by atoms with Crippen molar-refractivity contribution in [2.75, 3.05) is 18.8 Å². The molecule has 1 fully saturated rings. The van der Waals surface area contributed by atoms with Crippen molar-refractivity contribution in [1.29, 1.82) is 0 Å². The van der Waals surface area contributed by atoms with Crippen LogP contribution in [0, 0.1) is 0 Å². The Kier molecular flexibility index (Phi) is 4.14. The zero-order chi connectivity index (χ0) is 17.2. The summed E-state index contributed by atoms with van der Waals surface area (Å²) >= 11 is 1.32. The van der Waals surface area contributed by atoms with Gasteiger partial charge in [0.2, 0.25) is 22.8 Å². The number of tetrazole rings is 1. The number of likely N-dealkylation sites (tertiary alicyclic amines) is 1. The van der Waals surface area contributed by atoms with Gasteiger partial charge in [0, 0.05) is 38.1 Å². The molecule has 0 N–H and O–H groups in total. The summed E-state index contributed by atoms with van der Waals surface area (Å²) in [5.41, 5.74) is 0.853. The van der Waals surface area contributed by atoms with E-state index in [1.165, 1.54) is 16.4 Å². The Morgan fingerprint density at radius 3 is 2.88 bits per heavy atom. The van der Waals surface area contributed by atoms with Gasteiger partial charge in [-0.2, -0.15) is 4.98 Å². The van der Waals surface area contributed by atoms with Crippen molar-refractivity contribution in [3.8, 4) is 11.4 Å². The molecule has 0 atom stereocenters. The maximum atomic E-state index is 12.2. The largest absolute Gasteiger partial charge is 0.340 e. The van der Waals surface area contributed by atoms with Crippen molar-refractivity contribution in [2.45, 2.75) is 11.1 Å². The molecular formula is C14H14N8O2S. The molecule has 0 aliphatic carbocycles. The van der Waals surface area contributed by atoms with Gasteiger partial charge >= 0.3 is 0 Å². The minimum atomic E-state index is 0.0399. The van der Waals surface area contributed by atoms with Gasteiger partial charge in [-0.3, -0.25) is 9.78 Å². The predicted octanol–water partition coefficient (Wildman–Crippen LogP) is 0.373. The molecular weight excluding hydrogens is 344 g/mol. The molecule has 3 aromatic rings. The van der Waals surface area contributed by atoms with Crippen LogP contribution in [-0.2, 0) is 11.8 Å². The molecule has 4 heterocycles. The Labute approximate surface area is 146 Å². The molecule has 0 bridgehead atoms. The molecule has 1 saturated heterocycles. The first-order valence-corrected chi connectivity index (χ1v) is 8.56. The van der Waals surface area contributed by atoms with E-state index in [4.69, 9.17) is 4.52 Å². The van der Waals surface area contributed by atoms with Crippen molar-refractivity contribution in [3.63, 3.8) is 0 Å². The zero-order valence-corrected chi connectivity index (χ0v) is 14.1. The van der Waals surface area contributed by atoms with Crippen LogP contribution in [0.4, 0.5) is 0 Å². The molecule has 0 saturated carbocycles. The van der Waals surface area contributed by atoms with Crippen molar-refractivity contribution >= 4 is 17.7 Å². The number of hydrogen-bond donors (Lipinski definition) is 0. The number of nitrogens with zero attached hydrogens (tertiary/aromatic N) is 8. The second-order valence-corrected chi connectivity index (χ2v) is 6.50. The van der Waals surface area contributed by atoms with Crippen molar-refractivity contribution in [1.82, 2.24) is 40.2 Å². The van der Waals surface area contributed by atoms with E-state index in [2.05, 4.69) is 30.7 Å². The smallest absolute Gasteiger partial charge is 0.233 e. The second-order valence-electron chi connectivity index (χ2n) is 5.56. The highest BCUT2D eigenvalue weighted by atomic mass is 32.2. The Morgan fingerprint density at radius 1 is 1.36 bits per heavy atom. The van der Waals surface area contributed by atoms with Crippen molar-refractivity contribution in [2.24, 2.45) is 7.05 Å². The van der Waals surface area contributed by atoms with Crippen molar-refractivity contribution in [3.05, 3.63) is 30.4 Å². The third-order valence-corrected chi connectivity index (χ3v) is 4.87. The number of hydrogen-bond acceptors (Lipinski definition) is 9. The Balaban J connectivity index is 1.31. The fourth-order valence-corrected chi connectivity index (χ4v) is 3.17. The molecule has 10 nitrogen and oxygen atoms in total. The summed E-state index contributed by atoms with van der Waals surface area (Å²) in [6.07, 6.45) is 3.36. The lowest BCUT2D eigenvalue weighted by Crippen LogP contribution is -2.49. The normalized spacial score (nSPS) is 14.5. The molecule has 1 aliphatic heterocycles. The summed E-state index contributed by atoms with van der Waals surface area (Å²) in [4.78, 5) is 22.3. The van der Waals surface area contributed by atoms with Gasteiger partial charge in [0.1, 0.15) is 0 Å². The van der Waals surface area contributed by atoms with E-state index in [1.807, 2.05) is 12.1 Å². The number of thioether (sulfide) groups is 1. The van der Waals surface area contributed by atoms with Gasteiger partial charge in [-0.1, -0.05) is 16.9 Å². The number of carbonyl (C=O) groups is 1. The molecule has 0 radical (unpaired) electrons. The van der Waals surface area contributed by atoms with E-state index in [1.54, 1.807) is 24.3 Å². The molecule has 4 rings (SSSR count). The van der Waals surface area contributed by atoms with Crippen LogP contribution < -0.4 is 0 Å². The van der Waals surface area contributed by atoms with E-state index in [0.29, 0.717) is 35.7 Å². The highest BCUT2D eigenvalue weighted by Gasteiger charge is 2.35. The van der Waals surface area contributed by atoms with E-state index in [9.17, 15) is 4.79 Å². The molecule has 0 aromatic carbocycles. The average Bonchev–Trinajstić information content (AvgIpc) is 3.22. The highest BCUT2D eigenvalue weighted by Crippen LogP contribution is 2.28. The number of aryl methyl sites for hydroxylation is 1. The third-order valence-electron chi connectivity index (χ3n) is 3.87. The average molecular weight is 358 g/mol. The van der Waals surface area contributed by atoms with Gasteiger partial charge in [-0.15, -0.1) is 5.10 Å².